The molecule has 3 aromatic rings. The summed E-state index contributed by atoms with van der Waals surface area (Å²) in [6.07, 6.45) is 5.47. The van der Waals surface area contributed by atoms with Crippen LogP contribution in [0.2, 0.25) is 0 Å². The van der Waals surface area contributed by atoms with Crippen molar-refractivity contribution in [3.8, 4) is 0 Å². The van der Waals surface area contributed by atoms with Crippen molar-refractivity contribution in [1.29, 1.82) is 0 Å². The lowest BCUT2D eigenvalue weighted by molar-refractivity contribution is 0.0672. The highest BCUT2D eigenvalue weighted by molar-refractivity contribution is 5.91. The zero-order chi connectivity index (χ0) is 14.9. The van der Waals surface area contributed by atoms with Crippen LogP contribution < -0.4 is 0 Å². The lowest BCUT2D eigenvalue weighted by Gasteiger charge is -2.31. The van der Waals surface area contributed by atoms with Crippen LogP contribution in [-0.2, 0) is 0 Å². The maximum Gasteiger partial charge on any atom is 0.289 e. The first-order chi connectivity index (χ1) is 10.8. The quantitative estimate of drug-likeness (QED) is 0.728. The lowest BCUT2D eigenvalue weighted by Crippen LogP contribution is -2.39. The van der Waals surface area contributed by atoms with E-state index in [-0.39, 0.29) is 11.8 Å². The molecule has 0 aliphatic carbocycles. The normalized spacial score (nSPS) is 18.7. The number of carbonyl (C=O) groups excluding carboxylic acids is 1. The monoisotopic (exact) mass is 296 g/mol. The SMILES string of the molecule is O=C(c1ccco1)N1CCC[C@H](c2nnc3ccccn23)C1. The fourth-order valence-corrected chi connectivity index (χ4v) is 3.07. The Morgan fingerprint density at radius 3 is 3.05 bits per heavy atom. The Morgan fingerprint density at radius 1 is 1.23 bits per heavy atom. The van der Waals surface area contributed by atoms with Gasteiger partial charge in [-0.3, -0.25) is 9.20 Å². The second kappa shape index (κ2) is 5.29. The Labute approximate surface area is 127 Å². The summed E-state index contributed by atoms with van der Waals surface area (Å²) in [5.41, 5.74) is 0.840. The van der Waals surface area contributed by atoms with E-state index in [4.69, 9.17) is 4.42 Å². The molecule has 0 saturated carbocycles. The Kier molecular flexibility index (Phi) is 3.14. The average Bonchev–Trinajstić information content (AvgIpc) is 3.24. The molecular formula is C16H16N4O2. The van der Waals surface area contributed by atoms with E-state index in [0.29, 0.717) is 12.3 Å². The van der Waals surface area contributed by atoms with Gasteiger partial charge in [0, 0.05) is 25.2 Å². The molecule has 112 valence electrons. The van der Waals surface area contributed by atoms with E-state index in [1.165, 1.54) is 6.26 Å². The van der Waals surface area contributed by atoms with Crippen LogP contribution in [-0.4, -0.2) is 38.5 Å². The van der Waals surface area contributed by atoms with Gasteiger partial charge in [-0.25, -0.2) is 0 Å². The third kappa shape index (κ3) is 2.16. The largest absolute Gasteiger partial charge is 0.459 e. The van der Waals surface area contributed by atoms with Gasteiger partial charge in [-0.2, -0.15) is 0 Å². The fraction of sp³-hybridized carbons (Fsp3) is 0.312. The summed E-state index contributed by atoms with van der Waals surface area (Å²) in [4.78, 5) is 14.3. The molecule has 1 atom stereocenters. The predicted molar refractivity (Wildman–Crippen MR) is 79.6 cm³/mol. The topological polar surface area (TPSA) is 63.6 Å². The molecule has 1 saturated heterocycles. The summed E-state index contributed by atoms with van der Waals surface area (Å²) in [6.45, 7) is 1.40. The summed E-state index contributed by atoms with van der Waals surface area (Å²) >= 11 is 0. The molecule has 6 nitrogen and oxygen atoms in total. The minimum Gasteiger partial charge on any atom is -0.459 e. The Bertz CT molecular complexity index is 793. The third-order valence-corrected chi connectivity index (χ3v) is 4.15. The van der Waals surface area contributed by atoms with Crippen LogP contribution in [0.5, 0.6) is 0 Å². The van der Waals surface area contributed by atoms with Gasteiger partial charge in [0.05, 0.1) is 6.26 Å². The van der Waals surface area contributed by atoms with Crippen molar-refractivity contribution in [1.82, 2.24) is 19.5 Å². The smallest absolute Gasteiger partial charge is 0.289 e. The average molecular weight is 296 g/mol. The molecule has 1 amide bonds. The van der Waals surface area contributed by atoms with E-state index in [0.717, 1.165) is 30.9 Å². The fourth-order valence-electron chi connectivity index (χ4n) is 3.07. The highest BCUT2D eigenvalue weighted by Crippen LogP contribution is 2.27. The van der Waals surface area contributed by atoms with E-state index in [1.807, 2.05) is 33.7 Å². The second-order valence-electron chi connectivity index (χ2n) is 5.55. The van der Waals surface area contributed by atoms with Gasteiger partial charge in [-0.1, -0.05) is 6.07 Å². The van der Waals surface area contributed by atoms with E-state index in [9.17, 15) is 4.79 Å². The van der Waals surface area contributed by atoms with Gasteiger partial charge in [-0.05, 0) is 37.1 Å². The molecule has 1 aliphatic rings. The van der Waals surface area contributed by atoms with E-state index in [2.05, 4.69) is 10.2 Å². The number of nitrogens with zero attached hydrogens (tertiary/aromatic N) is 4. The molecule has 0 radical (unpaired) electrons. The van der Waals surface area contributed by atoms with Crippen molar-refractivity contribution in [2.75, 3.05) is 13.1 Å². The van der Waals surface area contributed by atoms with Crippen LogP contribution in [0.25, 0.3) is 5.65 Å². The van der Waals surface area contributed by atoms with E-state index < -0.39 is 0 Å². The molecule has 0 bridgehead atoms. The summed E-state index contributed by atoms with van der Waals surface area (Å²) in [5, 5.41) is 8.53. The Morgan fingerprint density at radius 2 is 2.18 bits per heavy atom. The van der Waals surface area contributed by atoms with Crippen molar-refractivity contribution in [3.63, 3.8) is 0 Å². The number of aromatic nitrogens is 3. The molecule has 0 N–H and O–H groups in total. The summed E-state index contributed by atoms with van der Waals surface area (Å²) in [5.74, 6) is 1.47. The molecule has 1 aliphatic heterocycles. The van der Waals surface area contributed by atoms with Crippen LogP contribution in [0.1, 0.15) is 35.1 Å². The number of carbonyl (C=O) groups is 1. The summed E-state index contributed by atoms with van der Waals surface area (Å²) in [7, 11) is 0. The Hall–Kier alpha value is -2.63. The van der Waals surface area contributed by atoms with Crippen molar-refractivity contribution in [2.24, 2.45) is 0 Å². The van der Waals surface area contributed by atoms with Crippen molar-refractivity contribution in [3.05, 3.63) is 54.4 Å². The summed E-state index contributed by atoms with van der Waals surface area (Å²) < 4.78 is 7.23. The van der Waals surface area contributed by atoms with Crippen molar-refractivity contribution < 1.29 is 9.21 Å². The van der Waals surface area contributed by atoms with Crippen LogP contribution in [0.4, 0.5) is 0 Å². The van der Waals surface area contributed by atoms with Gasteiger partial charge in [-0.15, -0.1) is 10.2 Å². The lowest BCUT2D eigenvalue weighted by atomic mass is 9.97. The number of amides is 1. The number of likely N-dealkylation sites (tertiary alicyclic amines) is 1. The minimum absolute atomic E-state index is 0.0523. The molecule has 6 heteroatoms. The van der Waals surface area contributed by atoms with E-state index in [1.54, 1.807) is 12.1 Å². The number of pyridine rings is 1. The number of fused-ring (bicyclic) bond motifs is 1. The van der Waals surface area contributed by atoms with Gasteiger partial charge in [0.15, 0.2) is 11.4 Å². The van der Waals surface area contributed by atoms with Gasteiger partial charge in [0.1, 0.15) is 5.82 Å². The molecule has 0 spiro atoms. The van der Waals surface area contributed by atoms with Crippen molar-refractivity contribution >= 4 is 11.6 Å². The zero-order valence-corrected chi connectivity index (χ0v) is 12.1. The zero-order valence-electron chi connectivity index (χ0n) is 12.1. The molecule has 0 unspecified atom stereocenters. The predicted octanol–water partition coefficient (Wildman–Crippen LogP) is 2.34. The molecule has 22 heavy (non-hydrogen) atoms. The molecule has 4 heterocycles. The molecular weight excluding hydrogens is 280 g/mol. The van der Waals surface area contributed by atoms with Crippen molar-refractivity contribution in [2.45, 2.75) is 18.8 Å². The first kappa shape index (κ1) is 13.1. The first-order valence-electron chi connectivity index (χ1n) is 7.45. The van der Waals surface area contributed by atoms with Gasteiger partial charge < -0.3 is 9.32 Å². The van der Waals surface area contributed by atoms with Crippen LogP contribution in [0.3, 0.4) is 0 Å². The minimum atomic E-state index is -0.0523. The first-order valence-corrected chi connectivity index (χ1v) is 7.45. The standard InChI is InChI=1S/C16H16N4O2/c21-16(13-6-4-10-22-13)19-8-3-5-12(11-19)15-18-17-14-7-1-2-9-20(14)15/h1-2,4,6-7,9-10,12H,3,5,8,11H2/t12-/m0/s1. The molecule has 0 aromatic carbocycles. The molecule has 4 rings (SSSR count). The van der Waals surface area contributed by atoms with Crippen LogP contribution >= 0.6 is 0 Å². The third-order valence-electron chi connectivity index (χ3n) is 4.15. The Balaban J connectivity index is 1.60. The second-order valence-corrected chi connectivity index (χ2v) is 5.55. The van der Waals surface area contributed by atoms with Gasteiger partial charge in [0.2, 0.25) is 0 Å². The number of hydrogen-bond acceptors (Lipinski definition) is 4. The summed E-state index contributed by atoms with van der Waals surface area (Å²) in [6, 6.07) is 9.29. The number of piperidine rings is 1. The molecule has 3 aromatic heterocycles. The maximum atomic E-state index is 12.4. The molecule has 1 fully saturated rings. The van der Waals surface area contributed by atoms with Crippen LogP contribution in [0, 0.1) is 0 Å². The van der Waals surface area contributed by atoms with E-state index >= 15 is 0 Å². The number of furan rings is 1. The highest BCUT2D eigenvalue weighted by atomic mass is 16.3. The number of rotatable bonds is 2. The highest BCUT2D eigenvalue weighted by Gasteiger charge is 2.29. The van der Waals surface area contributed by atoms with Gasteiger partial charge in [0.25, 0.3) is 5.91 Å². The maximum absolute atomic E-state index is 12.4. The number of hydrogen-bond donors (Lipinski definition) is 0. The van der Waals surface area contributed by atoms with Crippen LogP contribution in [0.15, 0.2) is 47.2 Å². The van der Waals surface area contributed by atoms with Gasteiger partial charge >= 0.3 is 0 Å².